The van der Waals surface area contributed by atoms with Crippen molar-refractivity contribution in [3.63, 3.8) is 0 Å². The van der Waals surface area contributed by atoms with Gasteiger partial charge in [-0.15, -0.1) is 0 Å². The Hall–Kier alpha value is -7.85. The average molecular weight is 821 g/mol. The molecule has 3 heteroatoms. The van der Waals surface area contributed by atoms with Gasteiger partial charge in [-0.25, -0.2) is 0 Å². The monoisotopic (exact) mass is 820 g/mol. The summed E-state index contributed by atoms with van der Waals surface area (Å²) in [5.41, 5.74) is 14.1. The third kappa shape index (κ3) is 6.71. The number of anilines is 6. The molecule has 0 aromatic heterocycles. The van der Waals surface area contributed by atoms with Crippen LogP contribution in [0, 0.1) is 0 Å². The standard InChI is InChI=1S/C60H40N2S/c1-4-13-41(14-5-1)44-23-29-49(30-24-44)61(50-31-25-45(26-32-50)42-15-6-2-7-16-42)52-34-28-47-38-57-54-36-35-53(40-59(54)63-58-22-12-21-55(60(57)58)56(47)39-52)62(48-19-8-3-9-20-48)51-33-27-43-17-10-11-18-46(43)37-51/h1-40H. The summed E-state index contributed by atoms with van der Waals surface area (Å²) in [4.78, 5) is 7.30. The summed E-state index contributed by atoms with van der Waals surface area (Å²) in [5.74, 6) is 0. The van der Waals surface area contributed by atoms with Gasteiger partial charge < -0.3 is 9.80 Å². The number of hydrogen-bond donors (Lipinski definition) is 0. The highest BCUT2D eigenvalue weighted by Gasteiger charge is 2.24. The molecule has 0 bridgehead atoms. The molecule has 11 aromatic rings. The molecular formula is C60H40N2S. The molecule has 0 fully saturated rings. The topological polar surface area (TPSA) is 6.48 Å². The van der Waals surface area contributed by atoms with Crippen molar-refractivity contribution < 1.29 is 0 Å². The maximum atomic E-state index is 2.41. The van der Waals surface area contributed by atoms with E-state index in [9.17, 15) is 0 Å². The second-order valence-corrected chi connectivity index (χ2v) is 17.2. The Labute approximate surface area is 372 Å². The molecule has 0 saturated heterocycles. The molecule has 1 aliphatic heterocycles. The zero-order valence-electron chi connectivity index (χ0n) is 34.4. The van der Waals surface area contributed by atoms with Crippen LogP contribution < -0.4 is 9.80 Å². The minimum absolute atomic E-state index is 1.11. The molecule has 296 valence electrons. The molecule has 0 amide bonds. The first kappa shape index (κ1) is 37.0. The summed E-state index contributed by atoms with van der Waals surface area (Å²) in [6, 6.07) is 88.4. The van der Waals surface area contributed by atoms with Crippen molar-refractivity contribution in [3.05, 3.63) is 243 Å². The van der Waals surface area contributed by atoms with Gasteiger partial charge in [0.2, 0.25) is 0 Å². The Morgan fingerprint density at radius 1 is 0.254 bits per heavy atom. The van der Waals surface area contributed by atoms with Crippen LogP contribution in [0.25, 0.3) is 65.7 Å². The smallest absolute Gasteiger partial charge is 0.0473 e. The van der Waals surface area contributed by atoms with E-state index in [1.54, 1.807) is 0 Å². The van der Waals surface area contributed by atoms with E-state index in [-0.39, 0.29) is 0 Å². The second-order valence-electron chi connectivity index (χ2n) is 16.2. The number of nitrogens with zero attached hydrogens (tertiary/aromatic N) is 2. The third-order valence-electron chi connectivity index (χ3n) is 12.4. The van der Waals surface area contributed by atoms with Gasteiger partial charge in [0.15, 0.2) is 0 Å². The fourth-order valence-electron chi connectivity index (χ4n) is 9.33. The first-order valence-electron chi connectivity index (χ1n) is 21.5. The largest absolute Gasteiger partial charge is 0.310 e. The molecular weight excluding hydrogens is 781 g/mol. The molecule has 0 N–H and O–H groups in total. The average Bonchev–Trinajstić information content (AvgIpc) is 3.35. The van der Waals surface area contributed by atoms with Crippen LogP contribution >= 0.6 is 11.8 Å². The summed E-state index contributed by atoms with van der Waals surface area (Å²) in [6.45, 7) is 0. The predicted molar refractivity (Wildman–Crippen MR) is 269 cm³/mol. The van der Waals surface area contributed by atoms with Gasteiger partial charge in [0.1, 0.15) is 0 Å². The Morgan fingerprint density at radius 3 is 1.41 bits per heavy atom. The van der Waals surface area contributed by atoms with Gasteiger partial charge in [-0.05, 0) is 145 Å². The molecule has 63 heavy (non-hydrogen) atoms. The van der Waals surface area contributed by atoms with E-state index < -0.39 is 0 Å². The Balaban J connectivity index is 0.966. The van der Waals surface area contributed by atoms with Crippen molar-refractivity contribution in [3.8, 4) is 33.4 Å². The van der Waals surface area contributed by atoms with Crippen LogP contribution in [0.4, 0.5) is 34.1 Å². The van der Waals surface area contributed by atoms with Crippen LogP contribution in [0.1, 0.15) is 0 Å². The maximum absolute atomic E-state index is 2.41. The minimum atomic E-state index is 1.11. The lowest BCUT2D eigenvalue weighted by molar-refractivity contribution is 1.26. The van der Waals surface area contributed by atoms with Gasteiger partial charge >= 0.3 is 0 Å². The fraction of sp³-hybridized carbons (Fsp3) is 0. The van der Waals surface area contributed by atoms with Crippen molar-refractivity contribution in [2.45, 2.75) is 9.79 Å². The number of rotatable bonds is 8. The lowest BCUT2D eigenvalue weighted by Gasteiger charge is -2.28. The van der Waals surface area contributed by atoms with Gasteiger partial charge in [0.25, 0.3) is 0 Å². The zero-order chi connectivity index (χ0) is 41.7. The summed E-state index contributed by atoms with van der Waals surface area (Å²) in [5, 5.41) is 7.51. The first-order valence-corrected chi connectivity index (χ1v) is 22.3. The normalized spacial score (nSPS) is 11.7. The third-order valence-corrected chi connectivity index (χ3v) is 13.5. The minimum Gasteiger partial charge on any atom is -0.310 e. The molecule has 0 unspecified atom stereocenters. The van der Waals surface area contributed by atoms with Gasteiger partial charge in [-0.1, -0.05) is 169 Å². The Morgan fingerprint density at radius 2 is 0.746 bits per heavy atom. The summed E-state index contributed by atoms with van der Waals surface area (Å²) >= 11 is 1.87. The Kier molecular flexibility index (Phi) is 9.13. The quantitative estimate of drug-likeness (QED) is 0.141. The lowest BCUT2D eigenvalue weighted by Crippen LogP contribution is -2.10. The summed E-state index contributed by atoms with van der Waals surface area (Å²) in [6.07, 6.45) is 0. The molecule has 2 nitrogen and oxygen atoms in total. The maximum Gasteiger partial charge on any atom is 0.0473 e. The van der Waals surface area contributed by atoms with Crippen molar-refractivity contribution in [1.29, 1.82) is 0 Å². The van der Waals surface area contributed by atoms with Crippen LogP contribution in [-0.4, -0.2) is 0 Å². The van der Waals surface area contributed by atoms with Crippen LogP contribution in [0.5, 0.6) is 0 Å². The molecule has 0 saturated carbocycles. The zero-order valence-corrected chi connectivity index (χ0v) is 35.2. The van der Waals surface area contributed by atoms with E-state index in [4.69, 9.17) is 0 Å². The summed E-state index contributed by atoms with van der Waals surface area (Å²) in [7, 11) is 0. The highest BCUT2D eigenvalue weighted by molar-refractivity contribution is 7.99. The lowest BCUT2D eigenvalue weighted by atomic mass is 9.92. The van der Waals surface area contributed by atoms with Crippen LogP contribution in [0.15, 0.2) is 252 Å². The van der Waals surface area contributed by atoms with Crippen LogP contribution in [0.2, 0.25) is 0 Å². The molecule has 0 spiro atoms. The second kappa shape index (κ2) is 15.6. The van der Waals surface area contributed by atoms with Gasteiger partial charge in [-0.2, -0.15) is 0 Å². The summed E-state index contributed by atoms with van der Waals surface area (Å²) < 4.78 is 0. The van der Waals surface area contributed by atoms with E-state index in [0.29, 0.717) is 0 Å². The molecule has 12 rings (SSSR count). The van der Waals surface area contributed by atoms with Crippen LogP contribution in [-0.2, 0) is 0 Å². The molecule has 0 atom stereocenters. The Bertz CT molecular complexity index is 3370. The van der Waals surface area contributed by atoms with Crippen molar-refractivity contribution in [2.75, 3.05) is 9.80 Å². The highest BCUT2D eigenvalue weighted by atomic mass is 32.2. The predicted octanol–water partition coefficient (Wildman–Crippen LogP) is 17.6. The van der Waals surface area contributed by atoms with E-state index in [0.717, 1.165) is 34.1 Å². The molecule has 1 heterocycles. The fourth-order valence-corrected chi connectivity index (χ4v) is 10.5. The molecule has 1 aliphatic rings. The van der Waals surface area contributed by atoms with E-state index in [1.165, 1.54) is 75.5 Å². The van der Waals surface area contributed by atoms with Crippen LogP contribution in [0.3, 0.4) is 0 Å². The van der Waals surface area contributed by atoms with Crippen molar-refractivity contribution >= 4 is 78.2 Å². The van der Waals surface area contributed by atoms with Crippen molar-refractivity contribution in [1.82, 2.24) is 0 Å². The first-order chi connectivity index (χ1) is 31.2. The van der Waals surface area contributed by atoms with E-state index >= 15 is 0 Å². The molecule has 0 aliphatic carbocycles. The molecule has 0 radical (unpaired) electrons. The SMILES string of the molecule is c1ccc(-c2ccc(N(c3ccc(-c4ccccc4)cc3)c3ccc4cc5c6c(cccc6c4c3)Sc3cc(N(c4ccccc4)c4ccc6ccccc6c4)ccc3-5)cc2)cc1. The highest BCUT2D eigenvalue weighted by Crippen LogP contribution is 2.52. The van der Waals surface area contributed by atoms with Gasteiger partial charge in [0.05, 0.1) is 0 Å². The molecule has 11 aromatic carbocycles. The number of benzene rings is 11. The number of hydrogen-bond acceptors (Lipinski definition) is 3. The van der Waals surface area contributed by atoms with E-state index in [1.807, 2.05) is 11.8 Å². The number of fused-ring (bicyclic) bond motifs is 5. The van der Waals surface area contributed by atoms with Gasteiger partial charge in [-0.3, -0.25) is 0 Å². The van der Waals surface area contributed by atoms with E-state index in [2.05, 4.69) is 252 Å². The van der Waals surface area contributed by atoms with Crippen molar-refractivity contribution in [2.24, 2.45) is 0 Å². The number of para-hydroxylation sites is 1. The van der Waals surface area contributed by atoms with Gasteiger partial charge in [0, 0.05) is 49.3 Å².